The number of ether oxygens (including phenoxy) is 2. The molecule has 25 heavy (non-hydrogen) atoms. The highest BCUT2D eigenvalue weighted by Gasteiger charge is 2.42. The molecule has 1 amide bonds. The van der Waals surface area contributed by atoms with E-state index in [1.165, 1.54) is 14.2 Å². The van der Waals surface area contributed by atoms with Gasteiger partial charge in [-0.3, -0.25) is 9.69 Å². The van der Waals surface area contributed by atoms with Gasteiger partial charge in [0.1, 0.15) is 0 Å². The molecule has 2 aliphatic rings. The van der Waals surface area contributed by atoms with E-state index in [2.05, 4.69) is 11.1 Å². The van der Waals surface area contributed by atoms with Crippen LogP contribution < -0.4 is 0 Å². The number of nitrogens with zero attached hydrogens (tertiary/aromatic N) is 1. The van der Waals surface area contributed by atoms with Crippen molar-refractivity contribution < 1.29 is 19.1 Å². The summed E-state index contributed by atoms with van der Waals surface area (Å²) in [6, 6.07) is 8.07. The van der Waals surface area contributed by atoms with E-state index in [0.29, 0.717) is 13.0 Å². The molecule has 4 rings (SSSR count). The van der Waals surface area contributed by atoms with Crippen molar-refractivity contribution in [2.75, 3.05) is 20.8 Å². The maximum atomic E-state index is 12.4. The minimum absolute atomic E-state index is 0.139. The molecule has 0 spiro atoms. The number of nitrogens with one attached hydrogen (secondary N) is 1. The number of benzene rings is 1. The second-order valence-electron chi connectivity index (χ2n) is 6.56. The molecule has 6 heteroatoms. The van der Waals surface area contributed by atoms with Crippen LogP contribution in [-0.4, -0.2) is 42.7 Å². The molecule has 3 atom stereocenters. The summed E-state index contributed by atoms with van der Waals surface area (Å²) in [5.41, 5.74) is 3.10. The lowest BCUT2D eigenvalue weighted by molar-refractivity contribution is -0.143. The smallest absolute Gasteiger partial charge is 0.413 e. The van der Waals surface area contributed by atoms with Gasteiger partial charge in [-0.25, -0.2) is 4.79 Å². The lowest BCUT2D eigenvalue weighted by Gasteiger charge is -2.39. The van der Waals surface area contributed by atoms with E-state index < -0.39 is 0 Å². The van der Waals surface area contributed by atoms with Crippen LogP contribution in [0.25, 0.3) is 10.9 Å². The summed E-state index contributed by atoms with van der Waals surface area (Å²) in [4.78, 5) is 29.2. The Morgan fingerprint density at radius 2 is 2.00 bits per heavy atom. The number of H-pyrrole nitrogens is 1. The quantitative estimate of drug-likeness (QED) is 0.810. The summed E-state index contributed by atoms with van der Waals surface area (Å²) in [5.74, 6) is -0.294. The van der Waals surface area contributed by atoms with Crippen molar-refractivity contribution in [2.24, 2.45) is 5.92 Å². The Morgan fingerprint density at radius 3 is 2.76 bits per heavy atom. The fourth-order valence-corrected chi connectivity index (χ4v) is 4.18. The molecule has 1 aromatic heterocycles. The lowest BCUT2D eigenvalue weighted by atomic mass is 9.71. The number of aromatic nitrogens is 1. The standard InChI is InChI=1S/C19H20N2O4/c1-24-18(22)14-9-11-10-21(19(23)25-2)8-7-12(11)16-13-5-3-4-6-15(13)20-17(14)16/h3-8,11-12,14,20H,9-10H2,1-2H3. The number of hydrogen-bond donors (Lipinski definition) is 1. The monoisotopic (exact) mass is 340 g/mol. The molecule has 0 saturated carbocycles. The van der Waals surface area contributed by atoms with Crippen molar-refractivity contribution in [3.63, 3.8) is 0 Å². The SMILES string of the molecule is COC(=O)C1CC2CN(C(=O)OC)C=CC2c2c1[nH]c1ccccc21. The van der Waals surface area contributed by atoms with E-state index in [-0.39, 0.29) is 29.8 Å². The highest BCUT2D eigenvalue weighted by atomic mass is 16.5. The van der Waals surface area contributed by atoms with Crippen LogP contribution in [0, 0.1) is 5.92 Å². The molecule has 2 aromatic rings. The molecular weight excluding hydrogens is 320 g/mol. The van der Waals surface area contributed by atoms with E-state index in [4.69, 9.17) is 9.47 Å². The van der Waals surface area contributed by atoms with Gasteiger partial charge in [0, 0.05) is 35.3 Å². The van der Waals surface area contributed by atoms with Crippen LogP contribution in [0.5, 0.6) is 0 Å². The number of fused-ring (bicyclic) bond motifs is 5. The molecule has 6 nitrogen and oxygen atoms in total. The van der Waals surface area contributed by atoms with Gasteiger partial charge in [0.15, 0.2) is 0 Å². The predicted octanol–water partition coefficient (Wildman–Crippen LogP) is 3.12. The molecule has 0 fully saturated rings. The van der Waals surface area contributed by atoms with Crippen LogP contribution in [0.2, 0.25) is 0 Å². The minimum Gasteiger partial charge on any atom is -0.469 e. The van der Waals surface area contributed by atoms with Gasteiger partial charge in [0.25, 0.3) is 0 Å². The number of rotatable bonds is 1. The maximum Gasteiger partial charge on any atom is 0.413 e. The molecule has 130 valence electrons. The Labute approximate surface area is 145 Å². The van der Waals surface area contributed by atoms with Crippen molar-refractivity contribution in [1.82, 2.24) is 9.88 Å². The number of amides is 1. The molecule has 1 aromatic carbocycles. The van der Waals surface area contributed by atoms with Gasteiger partial charge in [0.2, 0.25) is 0 Å². The Hall–Kier alpha value is -2.76. The number of esters is 1. The van der Waals surface area contributed by atoms with E-state index in [1.54, 1.807) is 11.1 Å². The average molecular weight is 340 g/mol. The van der Waals surface area contributed by atoms with E-state index >= 15 is 0 Å². The van der Waals surface area contributed by atoms with Gasteiger partial charge in [-0.15, -0.1) is 0 Å². The first kappa shape index (κ1) is 15.7. The Kier molecular flexibility index (Phi) is 3.75. The highest BCUT2D eigenvalue weighted by Crippen LogP contribution is 2.48. The maximum absolute atomic E-state index is 12.4. The van der Waals surface area contributed by atoms with Crippen LogP contribution in [-0.2, 0) is 14.3 Å². The number of allylic oxidation sites excluding steroid dienone is 1. The van der Waals surface area contributed by atoms with Crippen molar-refractivity contribution in [3.8, 4) is 0 Å². The van der Waals surface area contributed by atoms with Crippen molar-refractivity contribution in [2.45, 2.75) is 18.3 Å². The Morgan fingerprint density at radius 1 is 1.20 bits per heavy atom. The van der Waals surface area contributed by atoms with Crippen LogP contribution in [0.15, 0.2) is 36.5 Å². The van der Waals surface area contributed by atoms with E-state index in [9.17, 15) is 9.59 Å². The van der Waals surface area contributed by atoms with E-state index in [0.717, 1.165) is 22.2 Å². The number of hydrogen-bond acceptors (Lipinski definition) is 4. The number of aromatic amines is 1. The van der Waals surface area contributed by atoms with Crippen LogP contribution in [0.3, 0.4) is 0 Å². The summed E-state index contributed by atoms with van der Waals surface area (Å²) in [5, 5.41) is 1.12. The first-order chi connectivity index (χ1) is 12.1. The van der Waals surface area contributed by atoms with Crippen molar-refractivity contribution >= 4 is 23.0 Å². The fourth-order valence-electron chi connectivity index (χ4n) is 4.18. The summed E-state index contributed by atoms with van der Waals surface area (Å²) >= 11 is 0. The fraction of sp³-hybridized carbons (Fsp3) is 0.368. The van der Waals surface area contributed by atoms with E-state index in [1.807, 2.05) is 24.3 Å². The Bertz CT molecular complexity index is 869. The second-order valence-corrected chi connectivity index (χ2v) is 6.56. The van der Waals surface area contributed by atoms with Gasteiger partial charge >= 0.3 is 12.1 Å². The Balaban J connectivity index is 1.84. The zero-order valence-electron chi connectivity index (χ0n) is 14.2. The lowest BCUT2D eigenvalue weighted by Crippen LogP contribution is -2.40. The molecule has 0 bridgehead atoms. The minimum atomic E-state index is -0.381. The van der Waals surface area contributed by atoms with Crippen molar-refractivity contribution in [1.29, 1.82) is 0 Å². The van der Waals surface area contributed by atoms with Crippen LogP contribution >= 0.6 is 0 Å². The summed E-state index contributed by atoms with van der Waals surface area (Å²) in [6.45, 7) is 0.528. The molecule has 1 aliphatic carbocycles. The molecule has 0 saturated heterocycles. The second kappa shape index (κ2) is 5.95. The summed E-state index contributed by atoms with van der Waals surface area (Å²) in [6.07, 6.45) is 4.08. The number of methoxy groups -OCH3 is 2. The topological polar surface area (TPSA) is 71.6 Å². The average Bonchev–Trinajstić information content (AvgIpc) is 3.05. The summed E-state index contributed by atoms with van der Waals surface area (Å²) < 4.78 is 9.86. The van der Waals surface area contributed by atoms with Crippen molar-refractivity contribution in [3.05, 3.63) is 47.8 Å². The molecule has 1 N–H and O–H groups in total. The zero-order valence-corrected chi connectivity index (χ0v) is 14.2. The third-order valence-electron chi connectivity index (χ3n) is 5.30. The number of carbonyl (C=O) groups is 2. The third kappa shape index (κ3) is 2.40. The van der Waals surface area contributed by atoms with Gasteiger partial charge in [-0.2, -0.15) is 0 Å². The number of carbonyl (C=O) groups excluding carboxylic acids is 2. The zero-order chi connectivity index (χ0) is 17.6. The number of para-hydroxylation sites is 1. The molecular formula is C19H20N2O4. The van der Waals surface area contributed by atoms with Gasteiger partial charge in [-0.1, -0.05) is 24.3 Å². The third-order valence-corrected chi connectivity index (χ3v) is 5.30. The van der Waals surface area contributed by atoms with Crippen LogP contribution in [0.1, 0.15) is 29.5 Å². The highest BCUT2D eigenvalue weighted by molar-refractivity contribution is 5.89. The molecule has 1 aliphatic heterocycles. The first-order valence-corrected chi connectivity index (χ1v) is 8.35. The predicted molar refractivity (Wildman–Crippen MR) is 92.2 cm³/mol. The molecule has 3 unspecified atom stereocenters. The first-order valence-electron chi connectivity index (χ1n) is 8.35. The largest absolute Gasteiger partial charge is 0.469 e. The molecule has 2 heterocycles. The van der Waals surface area contributed by atoms with Gasteiger partial charge in [-0.05, 0) is 24.0 Å². The summed E-state index contributed by atoms with van der Waals surface area (Å²) in [7, 11) is 2.79. The van der Waals surface area contributed by atoms with Crippen LogP contribution in [0.4, 0.5) is 4.79 Å². The normalized spacial score (nSPS) is 24.6. The molecule has 0 radical (unpaired) electrons. The van der Waals surface area contributed by atoms with Gasteiger partial charge in [0.05, 0.1) is 20.1 Å². The van der Waals surface area contributed by atoms with Gasteiger partial charge < -0.3 is 14.5 Å².